The molecule has 2 heterocycles. The summed E-state index contributed by atoms with van der Waals surface area (Å²) in [4.78, 5) is 35.8. The molecule has 2 saturated heterocycles. The van der Waals surface area contributed by atoms with Gasteiger partial charge < -0.3 is 14.9 Å². The van der Waals surface area contributed by atoms with Gasteiger partial charge in [-0.25, -0.2) is 9.80 Å². The summed E-state index contributed by atoms with van der Waals surface area (Å²) in [7, 11) is 0. The Balaban J connectivity index is 0.000000480. The zero-order chi connectivity index (χ0) is 21.5. The molecule has 0 saturated carbocycles. The zero-order valence-electron chi connectivity index (χ0n) is 15.2. The van der Waals surface area contributed by atoms with E-state index in [2.05, 4.69) is 6.07 Å². The Bertz CT molecular complexity index is 620. The Morgan fingerprint density at radius 2 is 1.86 bits per heavy atom. The molecule has 13 heteroatoms. The number of hydrogen-bond donors (Lipinski definition) is 2. The van der Waals surface area contributed by atoms with Gasteiger partial charge in [0.15, 0.2) is 0 Å². The average Bonchev–Trinajstić information content (AvgIpc) is 3.10. The molecule has 9 nitrogen and oxygen atoms in total. The minimum absolute atomic E-state index is 0.0825. The molecule has 0 radical (unpaired) electrons. The van der Waals surface area contributed by atoms with E-state index in [1.54, 1.807) is 33.5 Å². The molecule has 0 aromatic heterocycles. The predicted octanol–water partition coefficient (Wildman–Crippen LogP) is 0.231. The van der Waals surface area contributed by atoms with E-state index in [1.807, 2.05) is 0 Å². The van der Waals surface area contributed by atoms with Gasteiger partial charge >= 0.3 is 12.1 Å². The van der Waals surface area contributed by atoms with Gasteiger partial charge in [-0.15, -0.1) is 11.8 Å². The third-order valence-corrected chi connectivity index (χ3v) is 5.30. The number of aliphatic carboxylic acids is 1. The van der Waals surface area contributed by atoms with E-state index < -0.39 is 12.1 Å². The number of likely N-dealkylation sites (tertiary alicyclic amines) is 1. The lowest BCUT2D eigenvalue weighted by Crippen LogP contribution is -2.53. The van der Waals surface area contributed by atoms with Crippen molar-refractivity contribution in [3.63, 3.8) is 0 Å². The lowest BCUT2D eigenvalue weighted by Gasteiger charge is -2.36. The Morgan fingerprint density at radius 1 is 1.32 bits per heavy atom. The van der Waals surface area contributed by atoms with Crippen LogP contribution in [0.2, 0.25) is 0 Å². The topological polar surface area (TPSA) is 131 Å². The fraction of sp³-hybridized carbons (Fsp3) is 0.733. The second-order valence-corrected chi connectivity index (χ2v) is 7.22. The number of carbonyl (C=O) groups excluding carboxylic acids is 2. The lowest BCUT2D eigenvalue weighted by atomic mass is 10.0. The molecule has 1 atom stereocenters. The van der Waals surface area contributed by atoms with Gasteiger partial charge in [0, 0.05) is 31.8 Å². The van der Waals surface area contributed by atoms with Crippen molar-refractivity contribution >= 4 is 29.5 Å². The van der Waals surface area contributed by atoms with Gasteiger partial charge in [0.1, 0.15) is 6.04 Å². The number of hydrogen-bond acceptors (Lipinski definition) is 7. The van der Waals surface area contributed by atoms with Crippen molar-refractivity contribution in [2.45, 2.75) is 38.0 Å². The third-order valence-electron chi connectivity index (χ3n) is 4.29. The fourth-order valence-corrected chi connectivity index (χ4v) is 3.79. The number of amides is 2. The van der Waals surface area contributed by atoms with Crippen LogP contribution in [0, 0.1) is 11.3 Å². The van der Waals surface area contributed by atoms with Crippen molar-refractivity contribution in [3.8, 4) is 6.07 Å². The highest BCUT2D eigenvalue weighted by molar-refractivity contribution is 7.99. The van der Waals surface area contributed by atoms with Gasteiger partial charge in [0.25, 0.3) is 0 Å². The van der Waals surface area contributed by atoms with Gasteiger partial charge in [0.2, 0.25) is 11.8 Å². The summed E-state index contributed by atoms with van der Waals surface area (Å²) in [6, 6.07) is 1.92. The molecule has 0 bridgehead atoms. The lowest BCUT2D eigenvalue weighted by molar-refractivity contribution is -0.192. The van der Waals surface area contributed by atoms with Gasteiger partial charge in [-0.1, -0.05) is 0 Å². The van der Waals surface area contributed by atoms with Crippen molar-refractivity contribution < 1.29 is 32.7 Å². The summed E-state index contributed by atoms with van der Waals surface area (Å²) in [6.45, 7) is 3.06. The average molecular weight is 425 g/mol. The van der Waals surface area contributed by atoms with E-state index in [0.717, 1.165) is 12.8 Å². The number of nitrogens with two attached hydrogens (primary N) is 1. The molecule has 3 N–H and O–H groups in total. The minimum Gasteiger partial charge on any atom is -0.475 e. The maximum absolute atomic E-state index is 12.2. The number of carboxylic acid groups (broad SMARTS) is 1. The predicted molar refractivity (Wildman–Crippen MR) is 93.4 cm³/mol. The molecule has 0 aromatic rings. The quantitative estimate of drug-likeness (QED) is 0.485. The summed E-state index contributed by atoms with van der Waals surface area (Å²) < 4.78 is 31.7. The van der Waals surface area contributed by atoms with Crippen LogP contribution in [0.15, 0.2) is 0 Å². The van der Waals surface area contributed by atoms with E-state index in [4.69, 9.17) is 21.0 Å². The molecule has 2 fully saturated rings. The van der Waals surface area contributed by atoms with Crippen LogP contribution < -0.4 is 5.84 Å². The second-order valence-electron chi connectivity index (χ2n) is 6.22. The van der Waals surface area contributed by atoms with Crippen molar-refractivity contribution in [1.82, 2.24) is 14.8 Å². The number of carboxylic acids is 1. The van der Waals surface area contributed by atoms with Crippen molar-refractivity contribution in [2.24, 2.45) is 5.84 Å². The van der Waals surface area contributed by atoms with E-state index in [0.29, 0.717) is 24.7 Å². The van der Waals surface area contributed by atoms with Crippen LogP contribution in [0.1, 0.15) is 19.8 Å². The molecule has 0 aliphatic carbocycles. The first-order valence-electron chi connectivity index (χ1n) is 8.31. The summed E-state index contributed by atoms with van der Waals surface area (Å²) in [6.07, 6.45) is -3.53. The van der Waals surface area contributed by atoms with Gasteiger partial charge in [-0.3, -0.25) is 15.4 Å². The molecular weight excluding hydrogens is 403 g/mol. The van der Waals surface area contributed by atoms with Crippen molar-refractivity contribution in [1.29, 1.82) is 5.26 Å². The minimum atomic E-state index is -5.08. The standard InChI is InChI=1S/C13H21N5O2S.C2HF3O2/c1-10(19)16-4-2-11(3-5-16)18(15)7-13(20)17-9-21-8-12(17)6-14;3-2(4,5)1(6)7/h11-12H,2-5,7-9,15H2,1H3;(H,6,7). The highest BCUT2D eigenvalue weighted by Gasteiger charge is 2.38. The third kappa shape index (κ3) is 7.17. The summed E-state index contributed by atoms with van der Waals surface area (Å²) in [5.74, 6) is 4.48. The van der Waals surface area contributed by atoms with Gasteiger partial charge in [0.05, 0.1) is 18.5 Å². The Kier molecular flexibility index (Phi) is 8.99. The molecule has 28 heavy (non-hydrogen) atoms. The molecular formula is C15H22F3N5O4S. The monoisotopic (exact) mass is 425 g/mol. The molecule has 0 spiro atoms. The van der Waals surface area contributed by atoms with Crippen LogP contribution in [-0.2, 0) is 14.4 Å². The Labute approximate surface area is 164 Å². The maximum atomic E-state index is 12.2. The van der Waals surface area contributed by atoms with Crippen LogP contribution in [-0.4, -0.2) is 87.2 Å². The highest BCUT2D eigenvalue weighted by Crippen LogP contribution is 2.21. The number of nitrogens with zero attached hydrogens (tertiary/aromatic N) is 4. The second kappa shape index (κ2) is 10.5. The van der Waals surface area contributed by atoms with Gasteiger partial charge in [-0.05, 0) is 12.8 Å². The first-order valence-corrected chi connectivity index (χ1v) is 9.46. The van der Waals surface area contributed by atoms with E-state index >= 15 is 0 Å². The van der Waals surface area contributed by atoms with E-state index in [9.17, 15) is 22.8 Å². The number of halogens is 3. The number of hydrazine groups is 1. The van der Waals surface area contributed by atoms with Crippen LogP contribution in [0.3, 0.4) is 0 Å². The van der Waals surface area contributed by atoms with E-state index in [-0.39, 0.29) is 30.4 Å². The molecule has 1 unspecified atom stereocenters. The molecule has 2 rings (SSSR count). The van der Waals surface area contributed by atoms with E-state index in [1.165, 1.54) is 0 Å². The fourth-order valence-electron chi connectivity index (χ4n) is 2.68. The zero-order valence-corrected chi connectivity index (χ0v) is 16.0. The number of nitriles is 1. The van der Waals surface area contributed by atoms with Crippen LogP contribution in [0.25, 0.3) is 0 Å². The number of alkyl halides is 3. The smallest absolute Gasteiger partial charge is 0.475 e. The molecule has 0 aromatic carbocycles. The summed E-state index contributed by atoms with van der Waals surface area (Å²) >= 11 is 1.59. The largest absolute Gasteiger partial charge is 0.490 e. The maximum Gasteiger partial charge on any atom is 0.490 e. The normalized spacial score (nSPS) is 20.4. The molecule has 2 aliphatic rings. The summed E-state index contributed by atoms with van der Waals surface area (Å²) in [5.41, 5.74) is 0. The van der Waals surface area contributed by atoms with Crippen LogP contribution in [0.5, 0.6) is 0 Å². The van der Waals surface area contributed by atoms with Crippen molar-refractivity contribution in [2.75, 3.05) is 31.3 Å². The van der Waals surface area contributed by atoms with Crippen molar-refractivity contribution in [3.05, 3.63) is 0 Å². The SMILES string of the molecule is CC(=O)N1CCC(N(N)CC(=O)N2CSCC2C#N)CC1.O=C(O)C(F)(F)F. The number of piperidine rings is 1. The molecule has 158 valence electrons. The Morgan fingerprint density at radius 3 is 2.29 bits per heavy atom. The molecule has 2 aliphatic heterocycles. The van der Waals surface area contributed by atoms with Crippen LogP contribution >= 0.6 is 11.8 Å². The molecule has 2 amide bonds. The first-order chi connectivity index (χ1) is 13.0. The summed E-state index contributed by atoms with van der Waals surface area (Å²) in [5, 5.41) is 17.7. The number of carbonyl (C=O) groups is 3. The first kappa shape index (κ1) is 24.0. The van der Waals surface area contributed by atoms with Crippen LogP contribution in [0.4, 0.5) is 13.2 Å². The highest BCUT2D eigenvalue weighted by atomic mass is 32.2. The number of thioether (sulfide) groups is 1. The van der Waals surface area contributed by atoms with Gasteiger partial charge in [-0.2, -0.15) is 18.4 Å². The Hall–Kier alpha value is -2.04. The number of rotatable bonds is 3.